The van der Waals surface area contributed by atoms with Gasteiger partial charge in [-0.15, -0.1) is 0 Å². The second-order valence-corrected chi connectivity index (χ2v) is 4.99. The summed E-state index contributed by atoms with van der Waals surface area (Å²) in [7, 11) is 1.62. The molecule has 0 saturated heterocycles. The Morgan fingerprint density at radius 2 is 2.17 bits per heavy atom. The first-order valence-electron chi connectivity index (χ1n) is 5.39. The number of likely N-dealkylation sites (N-methyl/N-ethyl adjacent to an activating group) is 1. The number of nitrogens with zero attached hydrogens (tertiary/aromatic N) is 2. The van der Waals surface area contributed by atoms with E-state index in [9.17, 15) is 4.79 Å². The molecule has 1 aromatic carbocycles. The van der Waals surface area contributed by atoms with E-state index in [0.717, 1.165) is 10.0 Å². The maximum atomic E-state index is 12.3. The van der Waals surface area contributed by atoms with Crippen molar-refractivity contribution in [2.75, 3.05) is 7.05 Å². The summed E-state index contributed by atoms with van der Waals surface area (Å²) in [6, 6.07) is 4.96. The summed E-state index contributed by atoms with van der Waals surface area (Å²) < 4.78 is 0.920. The monoisotopic (exact) mass is 313 g/mol. The van der Waals surface area contributed by atoms with Gasteiger partial charge < -0.3 is 15.8 Å². The minimum absolute atomic E-state index is 0.000569. The molecule has 1 aromatic rings. The quantitative estimate of drug-likeness (QED) is 0.387. The van der Waals surface area contributed by atoms with Crippen LogP contribution in [0.2, 0.25) is 0 Å². The third kappa shape index (κ3) is 3.01. The lowest BCUT2D eigenvalue weighted by Crippen LogP contribution is -2.44. The first kappa shape index (κ1) is 14.5. The molecule has 5 nitrogen and oxygen atoms in total. The van der Waals surface area contributed by atoms with Gasteiger partial charge in [0.05, 0.1) is 6.04 Å². The first-order valence-corrected chi connectivity index (χ1v) is 6.18. The summed E-state index contributed by atoms with van der Waals surface area (Å²) in [6.45, 7) is 3.56. The molecule has 6 heteroatoms. The molecule has 0 radical (unpaired) electrons. The van der Waals surface area contributed by atoms with Crippen LogP contribution in [0.3, 0.4) is 0 Å². The van der Waals surface area contributed by atoms with Crippen molar-refractivity contribution in [3.05, 3.63) is 33.8 Å². The van der Waals surface area contributed by atoms with Gasteiger partial charge in [-0.05, 0) is 37.6 Å². The molecule has 1 atom stereocenters. The molecule has 0 spiro atoms. The van der Waals surface area contributed by atoms with Crippen molar-refractivity contribution in [1.82, 2.24) is 4.90 Å². The van der Waals surface area contributed by atoms with Crippen molar-refractivity contribution in [2.24, 2.45) is 10.9 Å². The first-order chi connectivity index (χ1) is 8.38. The van der Waals surface area contributed by atoms with E-state index in [1.165, 1.54) is 4.90 Å². The normalized spacial score (nSPS) is 13.2. The summed E-state index contributed by atoms with van der Waals surface area (Å²) in [4.78, 5) is 13.7. The van der Waals surface area contributed by atoms with Gasteiger partial charge in [0.2, 0.25) is 0 Å². The number of hydrogen-bond acceptors (Lipinski definition) is 3. The van der Waals surface area contributed by atoms with Gasteiger partial charge in [-0.25, -0.2) is 0 Å². The molecule has 0 heterocycles. The van der Waals surface area contributed by atoms with E-state index in [1.807, 2.05) is 19.1 Å². The van der Waals surface area contributed by atoms with Crippen LogP contribution >= 0.6 is 15.9 Å². The topological polar surface area (TPSA) is 78.9 Å². The molecule has 98 valence electrons. The number of aryl methyl sites for hydroxylation is 1. The highest BCUT2D eigenvalue weighted by atomic mass is 79.9. The van der Waals surface area contributed by atoms with Crippen molar-refractivity contribution in [1.29, 1.82) is 0 Å². The molecule has 0 aromatic heterocycles. The lowest BCUT2D eigenvalue weighted by molar-refractivity contribution is 0.0775. The Labute approximate surface area is 114 Å². The summed E-state index contributed by atoms with van der Waals surface area (Å²) in [5.41, 5.74) is 6.96. The highest BCUT2D eigenvalue weighted by Gasteiger charge is 2.21. The Morgan fingerprint density at radius 3 is 2.67 bits per heavy atom. The van der Waals surface area contributed by atoms with E-state index in [0.29, 0.717) is 5.56 Å². The molecule has 1 amide bonds. The Hall–Kier alpha value is -1.56. The third-order valence-corrected chi connectivity index (χ3v) is 3.36. The standard InChI is InChI=1S/C12H16BrN3O2/c1-7-6-9(13)4-5-10(7)12(17)16(3)8(2)11(14)15-18/h4-6,8,18H,1-3H3,(H2,14,15). The zero-order valence-corrected chi connectivity index (χ0v) is 12.1. The Balaban J connectivity index is 3.00. The molecule has 18 heavy (non-hydrogen) atoms. The van der Waals surface area contributed by atoms with E-state index < -0.39 is 6.04 Å². The van der Waals surface area contributed by atoms with Gasteiger partial charge in [0.1, 0.15) is 0 Å². The van der Waals surface area contributed by atoms with E-state index in [4.69, 9.17) is 10.9 Å². The molecule has 0 saturated carbocycles. The van der Waals surface area contributed by atoms with Crippen LogP contribution in [0.1, 0.15) is 22.8 Å². The largest absolute Gasteiger partial charge is 0.409 e. The molecule has 0 fully saturated rings. The maximum absolute atomic E-state index is 12.3. The lowest BCUT2D eigenvalue weighted by Gasteiger charge is -2.24. The second-order valence-electron chi connectivity index (χ2n) is 4.08. The molecule has 0 aliphatic heterocycles. The second kappa shape index (κ2) is 5.86. The zero-order chi connectivity index (χ0) is 13.9. The lowest BCUT2D eigenvalue weighted by atomic mass is 10.1. The van der Waals surface area contributed by atoms with Gasteiger partial charge in [0.25, 0.3) is 5.91 Å². The van der Waals surface area contributed by atoms with Crippen LogP contribution in [0.15, 0.2) is 27.8 Å². The van der Waals surface area contributed by atoms with Gasteiger partial charge in [0.15, 0.2) is 5.84 Å². The Bertz CT molecular complexity index is 488. The van der Waals surface area contributed by atoms with Crippen molar-refractivity contribution in [3.63, 3.8) is 0 Å². The highest BCUT2D eigenvalue weighted by Crippen LogP contribution is 2.17. The van der Waals surface area contributed by atoms with Crippen LogP contribution in [0.25, 0.3) is 0 Å². The van der Waals surface area contributed by atoms with Gasteiger partial charge in [-0.1, -0.05) is 21.1 Å². The number of hydrogen-bond donors (Lipinski definition) is 2. The van der Waals surface area contributed by atoms with E-state index >= 15 is 0 Å². The minimum Gasteiger partial charge on any atom is -0.409 e. The molecule has 0 bridgehead atoms. The maximum Gasteiger partial charge on any atom is 0.254 e. The fraction of sp³-hybridized carbons (Fsp3) is 0.333. The van der Waals surface area contributed by atoms with Crippen LogP contribution < -0.4 is 5.73 Å². The number of rotatable bonds is 3. The van der Waals surface area contributed by atoms with Crippen LogP contribution in [-0.4, -0.2) is 34.9 Å². The van der Waals surface area contributed by atoms with Crippen LogP contribution in [-0.2, 0) is 0 Å². The molecule has 0 aliphatic carbocycles. The number of halogens is 1. The molecular formula is C12H16BrN3O2. The smallest absolute Gasteiger partial charge is 0.254 e. The van der Waals surface area contributed by atoms with Crippen LogP contribution in [0, 0.1) is 6.92 Å². The average Bonchev–Trinajstić information content (AvgIpc) is 2.35. The summed E-state index contributed by atoms with van der Waals surface area (Å²) >= 11 is 3.35. The van der Waals surface area contributed by atoms with Crippen molar-refractivity contribution < 1.29 is 10.0 Å². The van der Waals surface area contributed by atoms with Crippen molar-refractivity contribution in [2.45, 2.75) is 19.9 Å². The molecule has 0 aliphatic rings. The number of benzene rings is 1. The zero-order valence-electron chi connectivity index (χ0n) is 10.5. The predicted molar refractivity (Wildman–Crippen MR) is 73.8 cm³/mol. The van der Waals surface area contributed by atoms with Gasteiger partial charge >= 0.3 is 0 Å². The Morgan fingerprint density at radius 1 is 1.56 bits per heavy atom. The number of carbonyl (C=O) groups excluding carboxylic acids is 1. The van der Waals surface area contributed by atoms with Crippen LogP contribution in [0.4, 0.5) is 0 Å². The number of nitrogens with two attached hydrogens (primary N) is 1. The van der Waals surface area contributed by atoms with Gasteiger partial charge in [-0.2, -0.15) is 0 Å². The number of carbonyl (C=O) groups is 1. The number of oxime groups is 1. The van der Waals surface area contributed by atoms with E-state index in [-0.39, 0.29) is 11.7 Å². The molecular weight excluding hydrogens is 298 g/mol. The summed E-state index contributed by atoms with van der Waals surface area (Å²) in [5.74, 6) is -0.167. The molecule has 3 N–H and O–H groups in total. The van der Waals surface area contributed by atoms with Gasteiger partial charge in [0, 0.05) is 17.1 Å². The summed E-state index contributed by atoms with van der Waals surface area (Å²) in [5, 5.41) is 11.5. The van der Waals surface area contributed by atoms with Crippen molar-refractivity contribution in [3.8, 4) is 0 Å². The van der Waals surface area contributed by atoms with Crippen molar-refractivity contribution >= 4 is 27.7 Å². The molecule has 1 unspecified atom stereocenters. The fourth-order valence-corrected chi connectivity index (χ4v) is 1.99. The van der Waals surface area contributed by atoms with Crippen LogP contribution in [0.5, 0.6) is 0 Å². The summed E-state index contributed by atoms with van der Waals surface area (Å²) in [6.07, 6.45) is 0. The SMILES string of the molecule is Cc1cc(Br)ccc1C(=O)N(C)C(C)C(N)=NO. The van der Waals surface area contributed by atoms with E-state index in [1.54, 1.807) is 20.0 Å². The average molecular weight is 314 g/mol. The minimum atomic E-state index is -0.467. The highest BCUT2D eigenvalue weighted by molar-refractivity contribution is 9.10. The number of amidine groups is 1. The van der Waals surface area contributed by atoms with Gasteiger partial charge in [-0.3, -0.25) is 4.79 Å². The fourth-order valence-electron chi connectivity index (χ4n) is 1.51. The molecule has 1 rings (SSSR count). The number of amides is 1. The third-order valence-electron chi connectivity index (χ3n) is 2.86. The van der Waals surface area contributed by atoms with E-state index in [2.05, 4.69) is 21.1 Å². The Kier molecular flexibility index (Phi) is 4.72. The predicted octanol–water partition coefficient (Wildman–Crippen LogP) is 1.96.